The van der Waals surface area contributed by atoms with E-state index in [0.29, 0.717) is 11.6 Å². The van der Waals surface area contributed by atoms with Crippen LogP contribution < -0.4 is 5.32 Å². The number of methoxy groups -OCH3 is 1. The van der Waals surface area contributed by atoms with E-state index < -0.39 is 0 Å². The van der Waals surface area contributed by atoms with E-state index in [0.717, 1.165) is 12.5 Å². The number of hydrogen-bond donors (Lipinski definition) is 1. The van der Waals surface area contributed by atoms with Crippen LogP contribution in [0.1, 0.15) is 46.0 Å². The first-order valence-corrected chi connectivity index (χ1v) is 7.16. The molecule has 104 valence electrons. The predicted molar refractivity (Wildman–Crippen MR) is 71.6 cm³/mol. The van der Waals surface area contributed by atoms with Gasteiger partial charge in [0.25, 0.3) is 0 Å². The van der Waals surface area contributed by atoms with Gasteiger partial charge < -0.3 is 10.1 Å². The summed E-state index contributed by atoms with van der Waals surface area (Å²) in [5.74, 6) is 0.748. The van der Waals surface area contributed by atoms with Crippen LogP contribution in [-0.4, -0.2) is 42.8 Å². The van der Waals surface area contributed by atoms with Crippen LogP contribution in [0.15, 0.2) is 0 Å². The normalized spacial score (nSPS) is 31.7. The molecule has 0 aromatic rings. The Balaban J connectivity index is 1.94. The molecular formula is C14H26N2O2. The molecule has 2 rings (SSSR count). The Morgan fingerprint density at radius 2 is 2.28 bits per heavy atom. The quantitative estimate of drug-likeness (QED) is 0.837. The highest BCUT2D eigenvalue weighted by atomic mass is 16.5. The van der Waals surface area contributed by atoms with Gasteiger partial charge in [-0.25, -0.2) is 4.79 Å². The van der Waals surface area contributed by atoms with Gasteiger partial charge in [-0.2, -0.15) is 0 Å². The SMILES string of the molecule is COC(=O)NC[C@H]1CC[C@@]2(CC(C)C)CCCN12. The van der Waals surface area contributed by atoms with Crippen molar-refractivity contribution in [1.82, 2.24) is 10.2 Å². The number of nitrogens with zero attached hydrogens (tertiary/aromatic N) is 1. The predicted octanol–water partition coefficient (Wildman–Crippen LogP) is 2.39. The second-order valence-corrected chi connectivity index (χ2v) is 6.18. The molecule has 0 aromatic carbocycles. The second-order valence-electron chi connectivity index (χ2n) is 6.18. The van der Waals surface area contributed by atoms with Crippen molar-refractivity contribution >= 4 is 6.09 Å². The fourth-order valence-electron chi connectivity index (χ4n) is 3.96. The van der Waals surface area contributed by atoms with E-state index in [1.165, 1.54) is 45.8 Å². The van der Waals surface area contributed by atoms with Gasteiger partial charge in [0.1, 0.15) is 0 Å². The topological polar surface area (TPSA) is 41.6 Å². The van der Waals surface area contributed by atoms with Gasteiger partial charge in [0, 0.05) is 18.1 Å². The number of carbonyl (C=O) groups is 1. The van der Waals surface area contributed by atoms with E-state index in [-0.39, 0.29) is 6.09 Å². The summed E-state index contributed by atoms with van der Waals surface area (Å²) in [6.07, 6.45) is 6.12. The molecule has 2 saturated heterocycles. The lowest BCUT2D eigenvalue weighted by Crippen LogP contribution is -2.47. The number of carbonyl (C=O) groups excluding carboxylic acids is 1. The van der Waals surface area contributed by atoms with Gasteiger partial charge >= 0.3 is 6.09 Å². The third-order valence-corrected chi connectivity index (χ3v) is 4.49. The lowest BCUT2D eigenvalue weighted by Gasteiger charge is -2.36. The van der Waals surface area contributed by atoms with E-state index in [4.69, 9.17) is 0 Å². The number of hydrogen-bond acceptors (Lipinski definition) is 3. The Hall–Kier alpha value is -0.770. The summed E-state index contributed by atoms with van der Waals surface area (Å²) >= 11 is 0. The molecule has 4 heteroatoms. The van der Waals surface area contributed by atoms with E-state index >= 15 is 0 Å². The minimum atomic E-state index is -0.310. The summed E-state index contributed by atoms with van der Waals surface area (Å²) in [6.45, 7) is 6.54. The van der Waals surface area contributed by atoms with Gasteiger partial charge in [0.05, 0.1) is 7.11 Å². The molecule has 2 heterocycles. The molecule has 0 unspecified atom stereocenters. The van der Waals surface area contributed by atoms with Crippen molar-refractivity contribution in [3.63, 3.8) is 0 Å². The largest absolute Gasteiger partial charge is 0.453 e. The van der Waals surface area contributed by atoms with Crippen molar-refractivity contribution in [2.45, 2.75) is 57.5 Å². The minimum Gasteiger partial charge on any atom is -0.453 e. The molecule has 0 aromatic heterocycles. The van der Waals surface area contributed by atoms with E-state index in [9.17, 15) is 4.79 Å². The highest BCUT2D eigenvalue weighted by Crippen LogP contribution is 2.45. The molecule has 1 amide bonds. The zero-order valence-corrected chi connectivity index (χ0v) is 11.9. The molecule has 2 fully saturated rings. The highest BCUT2D eigenvalue weighted by Gasteiger charge is 2.48. The number of rotatable bonds is 4. The Morgan fingerprint density at radius 3 is 2.94 bits per heavy atom. The maximum absolute atomic E-state index is 11.2. The Kier molecular flexibility index (Phi) is 4.15. The van der Waals surface area contributed by atoms with Crippen molar-refractivity contribution in [2.24, 2.45) is 5.92 Å². The molecule has 1 N–H and O–H groups in total. The van der Waals surface area contributed by atoms with Crippen LogP contribution in [0.4, 0.5) is 4.79 Å². The van der Waals surface area contributed by atoms with Gasteiger partial charge in [-0.3, -0.25) is 4.90 Å². The average Bonchev–Trinajstić information content (AvgIpc) is 2.84. The molecule has 0 bridgehead atoms. The summed E-state index contributed by atoms with van der Waals surface area (Å²) in [5, 5.41) is 2.85. The number of ether oxygens (including phenoxy) is 1. The van der Waals surface area contributed by atoms with Gasteiger partial charge in [0.2, 0.25) is 0 Å². The summed E-state index contributed by atoms with van der Waals surface area (Å²) in [5.41, 5.74) is 0.427. The molecule has 18 heavy (non-hydrogen) atoms. The van der Waals surface area contributed by atoms with Gasteiger partial charge in [-0.05, 0) is 44.6 Å². The molecule has 2 atom stereocenters. The molecule has 4 nitrogen and oxygen atoms in total. The first kappa shape index (κ1) is 13.7. The molecule has 0 aliphatic carbocycles. The molecular weight excluding hydrogens is 228 g/mol. The third kappa shape index (κ3) is 2.63. The maximum Gasteiger partial charge on any atom is 0.406 e. The number of alkyl carbamates (subject to hydrolysis) is 1. The van der Waals surface area contributed by atoms with Crippen molar-refractivity contribution in [3.05, 3.63) is 0 Å². The Morgan fingerprint density at radius 1 is 1.50 bits per heavy atom. The van der Waals surface area contributed by atoms with Crippen molar-refractivity contribution in [2.75, 3.05) is 20.2 Å². The van der Waals surface area contributed by atoms with E-state index in [1.54, 1.807) is 0 Å². The Bertz CT molecular complexity index is 306. The molecule has 0 saturated carbocycles. The maximum atomic E-state index is 11.2. The molecule has 2 aliphatic heterocycles. The van der Waals surface area contributed by atoms with Crippen molar-refractivity contribution in [1.29, 1.82) is 0 Å². The number of fused-ring (bicyclic) bond motifs is 1. The van der Waals surface area contributed by atoms with Gasteiger partial charge in [0.15, 0.2) is 0 Å². The van der Waals surface area contributed by atoms with Gasteiger partial charge in [-0.15, -0.1) is 0 Å². The van der Waals surface area contributed by atoms with Crippen LogP contribution in [-0.2, 0) is 4.74 Å². The summed E-state index contributed by atoms with van der Waals surface area (Å²) < 4.78 is 4.64. The lowest BCUT2D eigenvalue weighted by atomic mass is 9.85. The standard InChI is InChI=1S/C14H26N2O2/c1-11(2)9-14-6-4-8-16(14)12(5-7-14)10-15-13(17)18-3/h11-12H,4-10H2,1-3H3,(H,15,17)/t12-,14-/m1/s1. The number of amides is 1. The zero-order valence-electron chi connectivity index (χ0n) is 11.9. The van der Waals surface area contributed by atoms with Crippen molar-refractivity contribution < 1.29 is 9.53 Å². The third-order valence-electron chi connectivity index (χ3n) is 4.49. The van der Waals surface area contributed by atoms with E-state index in [2.05, 4.69) is 28.8 Å². The number of nitrogens with one attached hydrogen (secondary N) is 1. The summed E-state index contributed by atoms with van der Waals surface area (Å²) in [7, 11) is 1.42. The van der Waals surface area contributed by atoms with Gasteiger partial charge in [-0.1, -0.05) is 13.8 Å². The smallest absolute Gasteiger partial charge is 0.406 e. The molecule has 0 radical (unpaired) electrons. The van der Waals surface area contributed by atoms with Crippen molar-refractivity contribution in [3.8, 4) is 0 Å². The fraction of sp³-hybridized carbons (Fsp3) is 0.929. The summed E-state index contributed by atoms with van der Waals surface area (Å²) in [6, 6.07) is 0.505. The van der Waals surface area contributed by atoms with Crippen LogP contribution in [0.5, 0.6) is 0 Å². The average molecular weight is 254 g/mol. The zero-order chi connectivity index (χ0) is 13.2. The first-order valence-electron chi connectivity index (χ1n) is 7.16. The lowest BCUT2D eigenvalue weighted by molar-refractivity contribution is 0.121. The first-order chi connectivity index (χ1) is 8.57. The minimum absolute atomic E-state index is 0.310. The Labute approximate surface area is 110 Å². The fourth-order valence-corrected chi connectivity index (χ4v) is 3.96. The highest BCUT2D eigenvalue weighted by molar-refractivity contribution is 5.66. The van der Waals surface area contributed by atoms with Crippen LogP contribution in [0.25, 0.3) is 0 Å². The molecule has 0 spiro atoms. The monoisotopic (exact) mass is 254 g/mol. The second kappa shape index (κ2) is 5.47. The molecule has 2 aliphatic rings. The van der Waals surface area contributed by atoms with E-state index in [1.807, 2.05) is 0 Å². The van der Waals surface area contributed by atoms with Crippen LogP contribution in [0, 0.1) is 5.92 Å². The van der Waals surface area contributed by atoms with Crippen LogP contribution >= 0.6 is 0 Å². The van der Waals surface area contributed by atoms with Crippen LogP contribution in [0.3, 0.4) is 0 Å². The van der Waals surface area contributed by atoms with Crippen LogP contribution in [0.2, 0.25) is 0 Å². The summed E-state index contributed by atoms with van der Waals surface area (Å²) in [4.78, 5) is 13.8.